The lowest BCUT2D eigenvalue weighted by Crippen LogP contribution is -2.35. The number of carbonyl (C=O) groups is 2. The zero-order valence-corrected chi connectivity index (χ0v) is 18.7. The van der Waals surface area contributed by atoms with Crippen molar-refractivity contribution in [1.82, 2.24) is 5.32 Å². The zero-order chi connectivity index (χ0) is 22.6. The van der Waals surface area contributed by atoms with Crippen molar-refractivity contribution in [1.29, 1.82) is 0 Å². The van der Waals surface area contributed by atoms with Gasteiger partial charge in [0.05, 0.1) is 5.92 Å². The molecular weight excluding hydrogens is 421 g/mol. The number of amides is 1. The maximum absolute atomic E-state index is 13.2. The smallest absolute Gasteiger partial charge is 0.410 e. The molecule has 0 radical (unpaired) electrons. The fourth-order valence-corrected chi connectivity index (χ4v) is 4.99. The van der Waals surface area contributed by atoms with Gasteiger partial charge in [-0.1, -0.05) is 95.6 Å². The largest absolute Gasteiger partial charge is 0.445 e. The minimum absolute atomic E-state index is 0.131. The van der Waals surface area contributed by atoms with Crippen LogP contribution in [0.25, 0.3) is 0 Å². The summed E-state index contributed by atoms with van der Waals surface area (Å²) in [5.41, 5.74) is 2.84. The summed E-state index contributed by atoms with van der Waals surface area (Å²) in [7, 11) is -1.90. The molecule has 0 aliphatic heterocycles. The molecular formula is C26H27NO4P+. The SMILES string of the molecule is O=C[C@H](Cc1ccccc1)C[P+](=O)[C@@H](Cc1ccccc1)NC(=O)OCc1ccccc1. The fourth-order valence-electron chi connectivity index (χ4n) is 3.39. The molecule has 164 valence electrons. The van der Waals surface area contributed by atoms with Crippen molar-refractivity contribution in [3.63, 3.8) is 0 Å². The molecule has 32 heavy (non-hydrogen) atoms. The minimum atomic E-state index is -1.90. The number of carbonyl (C=O) groups excluding carboxylic acids is 2. The Morgan fingerprint density at radius 2 is 1.31 bits per heavy atom. The molecule has 3 aromatic rings. The molecule has 1 amide bonds. The normalized spacial score (nSPS) is 12.9. The molecule has 0 fully saturated rings. The summed E-state index contributed by atoms with van der Waals surface area (Å²) in [5.74, 6) is -1.02. The van der Waals surface area contributed by atoms with Gasteiger partial charge in [0.2, 0.25) is 5.78 Å². The summed E-state index contributed by atoms with van der Waals surface area (Å²) in [6.07, 6.45) is 1.34. The maximum atomic E-state index is 13.2. The van der Waals surface area contributed by atoms with Crippen LogP contribution in [0, 0.1) is 5.92 Å². The van der Waals surface area contributed by atoms with Crippen LogP contribution in [0.15, 0.2) is 91.0 Å². The van der Waals surface area contributed by atoms with E-state index in [0.717, 1.165) is 23.0 Å². The van der Waals surface area contributed by atoms with Gasteiger partial charge in [-0.25, -0.2) is 4.79 Å². The van der Waals surface area contributed by atoms with Crippen LogP contribution >= 0.6 is 7.80 Å². The number of aldehydes is 1. The Morgan fingerprint density at radius 3 is 1.84 bits per heavy atom. The lowest BCUT2D eigenvalue weighted by Gasteiger charge is -2.13. The van der Waals surface area contributed by atoms with Crippen molar-refractivity contribution in [3.8, 4) is 0 Å². The van der Waals surface area contributed by atoms with Crippen molar-refractivity contribution < 1.29 is 18.9 Å². The van der Waals surface area contributed by atoms with Crippen LogP contribution in [-0.2, 0) is 33.5 Å². The van der Waals surface area contributed by atoms with E-state index in [2.05, 4.69) is 5.32 Å². The van der Waals surface area contributed by atoms with Gasteiger partial charge in [-0.2, -0.15) is 0 Å². The molecule has 0 saturated heterocycles. The maximum Gasteiger partial charge on any atom is 0.410 e. The van der Waals surface area contributed by atoms with E-state index in [1.165, 1.54) is 0 Å². The molecule has 6 heteroatoms. The first kappa shape index (κ1) is 23.4. The van der Waals surface area contributed by atoms with Crippen LogP contribution in [-0.4, -0.2) is 24.3 Å². The van der Waals surface area contributed by atoms with Gasteiger partial charge in [0.1, 0.15) is 12.9 Å². The predicted molar refractivity (Wildman–Crippen MR) is 126 cm³/mol. The van der Waals surface area contributed by atoms with Crippen molar-refractivity contribution in [2.24, 2.45) is 5.92 Å². The van der Waals surface area contributed by atoms with Crippen LogP contribution < -0.4 is 5.32 Å². The number of hydrogen-bond acceptors (Lipinski definition) is 4. The first-order chi connectivity index (χ1) is 15.6. The third-order valence-electron chi connectivity index (χ3n) is 5.06. The van der Waals surface area contributed by atoms with Crippen LogP contribution in [0.4, 0.5) is 4.79 Å². The second-order valence-electron chi connectivity index (χ2n) is 7.60. The van der Waals surface area contributed by atoms with E-state index in [0.29, 0.717) is 12.8 Å². The van der Waals surface area contributed by atoms with E-state index in [1.807, 2.05) is 91.0 Å². The highest BCUT2D eigenvalue weighted by molar-refractivity contribution is 7.45. The van der Waals surface area contributed by atoms with Gasteiger partial charge in [-0.15, -0.1) is 0 Å². The van der Waals surface area contributed by atoms with Gasteiger partial charge < -0.3 is 9.53 Å². The van der Waals surface area contributed by atoms with Gasteiger partial charge in [0.25, 0.3) is 0 Å². The monoisotopic (exact) mass is 448 g/mol. The number of nitrogens with one attached hydrogen (secondary N) is 1. The standard InChI is InChI=1S/C26H26NO4P/c28-18-24(16-21-10-4-1-5-11-21)20-32(30)25(17-22-12-6-2-7-13-22)27-26(29)31-19-23-14-8-3-9-15-23/h1-15,18,24-25H,16-17,19-20H2/p+1/t24-,25-/m0/s1. The molecule has 0 bridgehead atoms. The lowest BCUT2D eigenvalue weighted by atomic mass is 10.0. The van der Waals surface area contributed by atoms with Gasteiger partial charge in [0, 0.05) is 6.42 Å². The Labute approximate surface area is 189 Å². The Balaban J connectivity index is 1.64. The molecule has 0 aliphatic carbocycles. The molecule has 0 aliphatic rings. The Hall–Kier alpha value is -3.30. The van der Waals surface area contributed by atoms with Crippen molar-refractivity contribution in [3.05, 3.63) is 108 Å². The summed E-state index contributed by atoms with van der Waals surface area (Å²) >= 11 is 0. The molecule has 0 aromatic heterocycles. The average Bonchev–Trinajstić information content (AvgIpc) is 2.84. The summed E-state index contributed by atoms with van der Waals surface area (Å²) in [5, 5.41) is 2.77. The topological polar surface area (TPSA) is 72.5 Å². The molecule has 1 unspecified atom stereocenters. The van der Waals surface area contributed by atoms with Crippen molar-refractivity contribution in [2.45, 2.75) is 25.2 Å². The first-order valence-corrected chi connectivity index (χ1v) is 12.1. The molecule has 3 atom stereocenters. The Kier molecular flexibility index (Phi) is 9.15. The molecule has 5 nitrogen and oxygen atoms in total. The third-order valence-corrected chi connectivity index (χ3v) is 6.90. The molecule has 0 heterocycles. The van der Waals surface area contributed by atoms with Gasteiger partial charge in [-0.3, -0.25) is 5.32 Å². The summed E-state index contributed by atoms with van der Waals surface area (Å²) in [6, 6.07) is 28.6. The highest BCUT2D eigenvalue weighted by atomic mass is 31.1. The molecule has 1 N–H and O–H groups in total. The van der Waals surface area contributed by atoms with Gasteiger partial charge in [-0.05, 0) is 23.1 Å². The second kappa shape index (κ2) is 12.5. The third kappa shape index (κ3) is 7.75. The zero-order valence-electron chi connectivity index (χ0n) is 17.8. The van der Waals surface area contributed by atoms with Crippen molar-refractivity contribution >= 4 is 20.2 Å². The van der Waals surface area contributed by atoms with E-state index in [4.69, 9.17) is 4.74 Å². The lowest BCUT2D eigenvalue weighted by molar-refractivity contribution is -0.110. The molecule has 3 aromatic carbocycles. The number of hydrogen-bond donors (Lipinski definition) is 1. The average molecular weight is 448 g/mol. The van der Waals surface area contributed by atoms with Crippen LogP contribution in [0.5, 0.6) is 0 Å². The molecule has 3 rings (SSSR count). The quantitative estimate of drug-likeness (QED) is 0.316. The second-order valence-corrected chi connectivity index (χ2v) is 9.42. The number of rotatable bonds is 11. The van der Waals surface area contributed by atoms with Gasteiger partial charge >= 0.3 is 13.9 Å². The minimum Gasteiger partial charge on any atom is -0.445 e. The Bertz CT molecular complexity index is 996. The molecule has 0 spiro atoms. The molecule has 0 saturated carbocycles. The van der Waals surface area contributed by atoms with Crippen LogP contribution in [0.2, 0.25) is 0 Å². The summed E-state index contributed by atoms with van der Waals surface area (Å²) in [4.78, 5) is 24.1. The summed E-state index contributed by atoms with van der Waals surface area (Å²) in [6.45, 7) is 0.131. The van der Waals surface area contributed by atoms with E-state index in [9.17, 15) is 14.2 Å². The van der Waals surface area contributed by atoms with E-state index in [-0.39, 0.29) is 18.7 Å². The van der Waals surface area contributed by atoms with E-state index < -0.39 is 19.7 Å². The summed E-state index contributed by atoms with van der Waals surface area (Å²) < 4.78 is 18.6. The fraction of sp³-hybridized carbons (Fsp3) is 0.231. The number of ether oxygens (including phenoxy) is 1. The van der Waals surface area contributed by atoms with Crippen molar-refractivity contribution in [2.75, 3.05) is 6.16 Å². The Morgan fingerprint density at radius 1 is 0.812 bits per heavy atom. The highest BCUT2D eigenvalue weighted by Gasteiger charge is 2.35. The van der Waals surface area contributed by atoms with E-state index in [1.54, 1.807) is 0 Å². The number of alkyl carbamates (subject to hydrolysis) is 1. The highest BCUT2D eigenvalue weighted by Crippen LogP contribution is 2.32. The van der Waals surface area contributed by atoms with Crippen LogP contribution in [0.1, 0.15) is 16.7 Å². The first-order valence-electron chi connectivity index (χ1n) is 10.6. The predicted octanol–water partition coefficient (Wildman–Crippen LogP) is 5.37. The van der Waals surface area contributed by atoms with Gasteiger partial charge in [0.15, 0.2) is 6.16 Å². The van der Waals surface area contributed by atoms with Crippen LogP contribution in [0.3, 0.4) is 0 Å². The van der Waals surface area contributed by atoms with E-state index >= 15 is 0 Å². The number of benzene rings is 3.